The number of halogens is 1. The van der Waals surface area contributed by atoms with Gasteiger partial charge in [-0.05, 0) is 9.91 Å². The van der Waals surface area contributed by atoms with Crippen LogP contribution in [0.5, 0.6) is 5.75 Å². The average Bonchev–Trinajstić information content (AvgIpc) is 2.30. The van der Waals surface area contributed by atoms with Gasteiger partial charge >= 0.3 is 5.82 Å². The Balaban J connectivity index is 3.24. The third-order valence-electron chi connectivity index (χ3n) is 1.79. The van der Waals surface area contributed by atoms with E-state index < -0.39 is 10.7 Å². The fraction of sp³-hybridized carbons (Fsp3) is 0.111. The van der Waals surface area contributed by atoms with Crippen molar-refractivity contribution >= 4 is 29.3 Å². The van der Waals surface area contributed by atoms with Gasteiger partial charge in [-0.2, -0.15) is 0 Å². The molecule has 0 aromatic carbocycles. The van der Waals surface area contributed by atoms with Crippen molar-refractivity contribution in [1.82, 2.24) is 4.98 Å². The number of pyridine rings is 1. The summed E-state index contributed by atoms with van der Waals surface area (Å²) in [7, 11) is 1.48. The predicted octanol–water partition coefficient (Wildman–Crippen LogP) is 2.23. The minimum absolute atomic E-state index is 0.0113. The van der Waals surface area contributed by atoms with Crippen molar-refractivity contribution in [2.24, 2.45) is 0 Å². The number of nitrogens with zero attached hydrogens (tertiary/aromatic N) is 2. The first-order chi connectivity index (χ1) is 8.01. The SMILES string of the molecule is C=C(C=N)Oc1cnc([N+](=O)[O-])c(NC)c1Cl. The first kappa shape index (κ1) is 12.9. The van der Waals surface area contributed by atoms with Gasteiger partial charge in [0, 0.05) is 7.05 Å². The molecule has 8 heteroatoms. The summed E-state index contributed by atoms with van der Waals surface area (Å²) in [6.07, 6.45) is 1.99. The number of hydrogen-bond donors (Lipinski definition) is 2. The summed E-state index contributed by atoms with van der Waals surface area (Å²) >= 11 is 5.91. The van der Waals surface area contributed by atoms with Gasteiger partial charge in [-0.1, -0.05) is 18.2 Å². The molecule has 90 valence electrons. The van der Waals surface area contributed by atoms with Crippen LogP contribution in [0.15, 0.2) is 18.5 Å². The average molecular weight is 257 g/mol. The molecule has 0 fully saturated rings. The van der Waals surface area contributed by atoms with Crippen molar-refractivity contribution in [3.8, 4) is 5.75 Å². The number of aromatic nitrogens is 1. The van der Waals surface area contributed by atoms with Gasteiger partial charge < -0.3 is 25.6 Å². The second-order valence-electron chi connectivity index (χ2n) is 2.85. The number of allylic oxidation sites excluding steroid dienone is 1. The highest BCUT2D eigenvalue weighted by molar-refractivity contribution is 6.35. The van der Waals surface area contributed by atoms with Crippen molar-refractivity contribution in [3.05, 3.63) is 33.7 Å². The van der Waals surface area contributed by atoms with E-state index >= 15 is 0 Å². The van der Waals surface area contributed by atoms with Crippen LogP contribution in [0.25, 0.3) is 0 Å². The molecule has 0 bridgehead atoms. The van der Waals surface area contributed by atoms with Crippen LogP contribution in [-0.4, -0.2) is 23.2 Å². The molecule has 0 amide bonds. The molecular formula is C9H9ClN4O3. The molecule has 1 aromatic heterocycles. The zero-order valence-corrected chi connectivity index (χ0v) is 9.61. The van der Waals surface area contributed by atoms with E-state index in [0.29, 0.717) is 0 Å². The van der Waals surface area contributed by atoms with Gasteiger partial charge in [0.25, 0.3) is 0 Å². The van der Waals surface area contributed by atoms with Crippen molar-refractivity contribution in [3.63, 3.8) is 0 Å². The molecule has 1 heterocycles. The first-order valence-electron chi connectivity index (χ1n) is 4.39. The van der Waals surface area contributed by atoms with Gasteiger partial charge in [0.15, 0.2) is 17.6 Å². The zero-order valence-electron chi connectivity index (χ0n) is 8.86. The quantitative estimate of drug-likeness (QED) is 0.364. The van der Waals surface area contributed by atoms with Crippen LogP contribution in [0, 0.1) is 15.5 Å². The summed E-state index contributed by atoms with van der Waals surface area (Å²) in [5, 5.41) is 20.2. The molecule has 0 unspecified atom stereocenters. The summed E-state index contributed by atoms with van der Waals surface area (Å²) in [6.45, 7) is 3.42. The summed E-state index contributed by atoms with van der Waals surface area (Å²) < 4.78 is 5.08. The van der Waals surface area contributed by atoms with E-state index in [2.05, 4.69) is 16.9 Å². The highest BCUT2D eigenvalue weighted by atomic mass is 35.5. The van der Waals surface area contributed by atoms with Crippen LogP contribution >= 0.6 is 11.6 Å². The molecule has 7 nitrogen and oxygen atoms in total. The Morgan fingerprint density at radius 2 is 2.47 bits per heavy atom. The maximum absolute atomic E-state index is 10.7. The van der Waals surface area contributed by atoms with Gasteiger partial charge in [-0.3, -0.25) is 0 Å². The molecule has 0 aliphatic carbocycles. The fourth-order valence-corrected chi connectivity index (χ4v) is 1.33. The monoisotopic (exact) mass is 256 g/mol. The summed E-state index contributed by atoms with van der Waals surface area (Å²) in [6, 6.07) is 0. The molecule has 2 N–H and O–H groups in total. The lowest BCUT2D eigenvalue weighted by molar-refractivity contribution is -0.388. The Hall–Kier alpha value is -2.15. The van der Waals surface area contributed by atoms with Crippen LogP contribution < -0.4 is 10.1 Å². The van der Waals surface area contributed by atoms with Crippen molar-refractivity contribution in [1.29, 1.82) is 5.41 Å². The van der Waals surface area contributed by atoms with Gasteiger partial charge in [-0.15, -0.1) is 0 Å². The largest absolute Gasteiger partial charge is 0.451 e. The molecule has 0 saturated carbocycles. The van der Waals surface area contributed by atoms with E-state index in [9.17, 15) is 10.1 Å². The molecule has 0 radical (unpaired) electrons. The standard InChI is InChI=1S/C9H9ClN4O3/c1-5(3-11)17-6-4-13-9(14(15)16)8(12-2)7(6)10/h3-4,11-12H,1H2,2H3. The van der Waals surface area contributed by atoms with Crippen LogP contribution in [0.1, 0.15) is 0 Å². The molecule has 0 saturated heterocycles. The topological polar surface area (TPSA) is 101 Å². The van der Waals surface area contributed by atoms with Crippen molar-refractivity contribution in [2.45, 2.75) is 0 Å². The summed E-state index contributed by atoms with van der Waals surface area (Å²) in [5.74, 6) is -0.259. The zero-order chi connectivity index (χ0) is 13.0. The third-order valence-corrected chi connectivity index (χ3v) is 2.16. The van der Waals surface area contributed by atoms with E-state index in [1.807, 2.05) is 0 Å². The summed E-state index contributed by atoms with van der Waals surface area (Å²) in [5.41, 5.74) is 0.0481. The van der Waals surface area contributed by atoms with Crippen molar-refractivity contribution < 1.29 is 9.66 Å². The van der Waals surface area contributed by atoms with E-state index in [1.54, 1.807) is 0 Å². The van der Waals surface area contributed by atoms with Gasteiger partial charge in [0.1, 0.15) is 10.8 Å². The fourth-order valence-electron chi connectivity index (χ4n) is 1.06. The molecule has 0 aliphatic rings. The Morgan fingerprint density at radius 3 is 2.94 bits per heavy atom. The number of rotatable bonds is 5. The Morgan fingerprint density at radius 1 is 1.82 bits per heavy atom. The minimum atomic E-state index is -0.660. The number of anilines is 1. The highest BCUT2D eigenvalue weighted by Crippen LogP contribution is 2.37. The van der Waals surface area contributed by atoms with E-state index in [0.717, 1.165) is 12.4 Å². The van der Waals surface area contributed by atoms with Gasteiger partial charge in [0.05, 0.1) is 6.21 Å². The third kappa shape index (κ3) is 2.70. The molecule has 0 atom stereocenters. The lowest BCUT2D eigenvalue weighted by Gasteiger charge is -2.08. The lowest BCUT2D eigenvalue weighted by atomic mass is 10.3. The van der Waals surface area contributed by atoms with Crippen molar-refractivity contribution in [2.75, 3.05) is 12.4 Å². The Labute approximate surface area is 102 Å². The smallest absolute Gasteiger partial charge is 0.388 e. The first-order valence-corrected chi connectivity index (χ1v) is 4.77. The maximum Gasteiger partial charge on any atom is 0.388 e. The normalized spacial score (nSPS) is 9.53. The molecule has 17 heavy (non-hydrogen) atoms. The van der Waals surface area contributed by atoms with Crippen LogP contribution in [0.3, 0.4) is 0 Å². The highest BCUT2D eigenvalue weighted by Gasteiger charge is 2.22. The van der Waals surface area contributed by atoms with Gasteiger partial charge in [-0.25, -0.2) is 0 Å². The second-order valence-corrected chi connectivity index (χ2v) is 3.23. The number of nitrogens with one attached hydrogen (secondary N) is 2. The molecule has 0 spiro atoms. The lowest BCUT2D eigenvalue weighted by Crippen LogP contribution is -2.03. The Kier molecular flexibility index (Phi) is 4.00. The molecule has 0 aliphatic heterocycles. The van der Waals surface area contributed by atoms with Gasteiger partial charge in [0.2, 0.25) is 0 Å². The van der Waals surface area contributed by atoms with Crippen LogP contribution in [-0.2, 0) is 0 Å². The molecule has 1 rings (SSSR count). The van der Waals surface area contributed by atoms with Crippen LogP contribution in [0.2, 0.25) is 5.02 Å². The predicted molar refractivity (Wildman–Crippen MR) is 64.0 cm³/mol. The second kappa shape index (κ2) is 5.26. The van der Waals surface area contributed by atoms with E-state index in [4.69, 9.17) is 21.7 Å². The Bertz CT molecular complexity index is 489. The van der Waals surface area contributed by atoms with E-state index in [-0.39, 0.29) is 22.2 Å². The summed E-state index contributed by atoms with van der Waals surface area (Å²) in [4.78, 5) is 13.6. The number of nitro groups is 1. The number of hydrogen-bond acceptors (Lipinski definition) is 6. The molecule has 1 aromatic rings. The van der Waals surface area contributed by atoms with E-state index in [1.165, 1.54) is 7.05 Å². The van der Waals surface area contributed by atoms with Crippen LogP contribution in [0.4, 0.5) is 11.5 Å². The number of ether oxygens (including phenoxy) is 1. The maximum atomic E-state index is 10.7. The molecular weight excluding hydrogens is 248 g/mol. The minimum Gasteiger partial charge on any atom is -0.451 e.